The Balaban J connectivity index is 1.84. The molecule has 2 aromatic heterocycles. The zero-order valence-electron chi connectivity index (χ0n) is 10.4. The van der Waals surface area contributed by atoms with Gasteiger partial charge in [-0.05, 0) is 25.1 Å². The maximum Gasteiger partial charge on any atom is 0.275 e. The van der Waals surface area contributed by atoms with Crippen LogP contribution in [0, 0.1) is 12.7 Å². The molecule has 1 aromatic carbocycles. The van der Waals surface area contributed by atoms with Gasteiger partial charge < -0.3 is 5.32 Å². The molecule has 0 spiro atoms. The normalized spacial score (nSPS) is 10.9. The van der Waals surface area contributed by atoms with Crippen LogP contribution in [0.4, 0.5) is 10.1 Å². The van der Waals surface area contributed by atoms with E-state index in [0.29, 0.717) is 11.4 Å². The molecule has 0 radical (unpaired) electrons. The fourth-order valence-electron chi connectivity index (χ4n) is 1.79. The van der Waals surface area contributed by atoms with Gasteiger partial charge in [-0.3, -0.25) is 9.20 Å². The molecule has 20 heavy (non-hydrogen) atoms. The van der Waals surface area contributed by atoms with Crippen molar-refractivity contribution in [1.29, 1.82) is 0 Å². The van der Waals surface area contributed by atoms with Gasteiger partial charge in [0.1, 0.15) is 11.5 Å². The van der Waals surface area contributed by atoms with E-state index in [2.05, 4.69) is 10.3 Å². The predicted molar refractivity (Wildman–Crippen MR) is 77.2 cm³/mol. The van der Waals surface area contributed by atoms with Gasteiger partial charge in [-0.1, -0.05) is 11.6 Å². The van der Waals surface area contributed by atoms with Crippen molar-refractivity contribution in [2.45, 2.75) is 6.92 Å². The molecule has 0 aliphatic rings. The summed E-state index contributed by atoms with van der Waals surface area (Å²) in [7, 11) is 0. The number of thiazole rings is 1. The lowest BCUT2D eigenvalue weighted by atomic mass is 10.3. The molecular formula is C13H9ClFN3OS. The number of anilines is 1. The second kappa shape index (κ2) is 4.88. The van der Waals surface area contributed by atoms with Gasteiger partial charge in [0, 0.05) is 23.0 Å². The third kappa shape index (κ3) is 2.39. The number of carbonyl (C=O) groups excluding carboxylic acids is 1. The first-order chi connectivity index (χ1) is 9.52. The van der Waals surface area contributed by atoms with Crippen LogP contribution in [-0.2, 0) is 0 Å². The van der Waals surface area contributed by atoms with Crippen LogP contribution >= 0.6 is 22.9 Å². The van der Waals surface area contributed by atoms with Crippen molar-refractivity contribution >= 4 is 39.5 Å². The second-order valence-electron chi connectivity index (χ2n) is 4.24. The van der Waals surface area contributed by atoms with Crippen LogP contribution in [0.15, 0.2) is 30.6 Å². The van der Waals surface area contributed by atoms with Gasteiger partial charge in [-0.15, -0.1) is 11.3 Å². The van der Waals surface area contributed by atoms with Crippen molar-refractivity contribution in [2.75, 3.05) is 5.32 Å². The van der Waals surface area contributed by atoms with Crippen LogP contribution in [0.25, 0.3) is 4.96 Å². The number of rotatable bonds is 2. The van der Waals surface area contributed by atoms with E-state index < -0.39 is 5.82 Å². The van der Waals surface area contributed by atoms with Crippen LogP contribution < -0.4 is 5.32 Å². The largest absolute Gasteiger partial charge is 0.321 e. The van der Waals surface area contributed by atoms with Crippen molar-refractivity contribution in [1.82, 2.24) is 9.38 Å². The minimum Gasteiger partial charge on any atom is -0.321 e. The number of nitrogens with zero attached hydrogens (tertiary/aromatic N) is 2. The minimum absolute atomic E-state index is 0.0377. The first-order valence-electron chi connectivity index (χ1n) is 5.74. The van der Waals surface area contributed by atoms with Crippen LogP contribution in [0.3, 0.4) is 0 Å². The third-order valence-corrected chi connectivity index (χ3v) is 3.88. The van der Waals surface area contributed by atoms with Crippen LogP contribution in [0.5, 0.6) is 0 Å². The maximum absolute atomic E-state index is 13.0. The number of aryl methyl sites for hydroxylation is 1. The van der Waals surface area contributed by atoms with Gasteiger partial charge in [-0.2, -0.15) is 0 Å². The summed E-state index contributed by atoms with van der Waals surface area (Å²) < 4.78 is 14.8. The molecule has 0 fully saturated rings. The molecule has 0 atom stereocenters. The Morgan fingerprint density at radius 2 is 2.25 bits per heavy atom. The summed E-state index contributed by atoms with van der Waals surface area (Å²) in [6.07, 6.45) is 3.55. The molecule has 4 nitrogen and oxygen atoms in total. The van der Waals surface area contributed by atoms with E-state index in [1.54, 1.807) is 10.6 Å². The van der Waals surface area contributed by atoms with Crippen molar-refractivity contribution in [3.63, 3.8) is 0 Å². The highest BCUT2D eigenvalue weighted by Crippen LogP contribution is 2.21. The number of hydrogen-bond donors (Lipinski definition) is 1. The summed E-state index contributed by atoms with van der Waals surface area (Å²) in [5.41, 5.74) is 0.727. The molecule has 1 N–H and O–H groups in total. The van der Waals surface area contributed by atoms with E-state index >= 15 is 0 Å². The monoisotopic (exact) mass is 309 g/mol. The number of fused-ring (bicyclic) bond motifs is 1. The van der Waals surface area contributed by atoms with Gasteiger partial charge in [0.15, 0.2) is 4.96 Å². The van der Waals surface area contributed by atoms with Gasteiger partial charge in [0.25, 0.3) is 5.91 Å². The van der Waals surface area contributed by atoms with Crippen molar-refractivity contribution in [3.05, 3.63) is 52.0 Å². The van der Waals surface area contributed by atoms with E-state index in [9.17, 15) is 9.18 Å². The van der Waals surface area contributed by atoms with E-state index in [-0.39, 0.29) is 10.9 Å². The fraction of sp³-hybridized carbons (Fsp3) is 0.0769. The summed E-state index contributed by atoms with van der Waals surface area (Å²) in [4.78, 5) is 18.1. The molecule has 7 heteroatoms. The fourth-order valence-corrected chi connectivity index (χ4v) is 2.78. The predicted octanol–water partition coefficient (Wildman–Crippen LogP) is 3.75. The van der Waals surface area contributed by atoms with Gasteiger partial charge in [-0.25, -0.2) is 9.37 Å². The summed E-state index contributed by atoms with van der Waals surface area (Å²) in [5, 5.41) is 2.59. The van der Waals surface area contributed by atoms with Crippen LogP contribution in [0.2, 0.25) is 5.02 Å². The lowest BCUT2D eigenvalue weighted by Gasteiger charge is -2.03. The summed E-state index contributed by atoms with van der Waals surface area (Å²) in [6.45, 7) is 1.97. The van der Waals surface area contributed by atoms with Crippen molar-refractivity contribution < 1.29 is 9.18 Å². The lowest BCUT2D eigenvalue weighted by Crippen LogP contribution is -2.12. The molecule has 2 heterocycles. The molecule has 3 rings (SSSR count). The van der Waals surface area contributed by atoms with Crippen LogP contribution in [-0.4, -0.2) is 15.3 Å². The van der Waals surface area contributed by atoms with E-state index in [1.807, 2.05) is 13.1 Å². The molecule has 0 aliphatic carbocycles. The highest BCUT2D eigenvalue weighted by atomic mass is 35.5. The first-order valence-corrected chi connectivity index (χ1v) is 6.94. The molecule has 0 unspecified atom stereocenters. The molecule has 0 aliphatic heterocycles. The Kier molecular flexibility index (Phi) is 3.19. The number of carbonyl (C=O) groups is 1. The highest BCUT2D eigenvalue weighted by molar-refractivity contribution is 7.17. The maximum atomic E-state index is 13.0. The number of halogens is 2. The standard InChI is InChI=1S/C13H9ClFN3OS/c1-7-5-18-6-11(17-13(18)20-7)12(19)16-8-2-3-10(15)9(14)4-8/h2-6H,1H3,(H,16,19). The topological polar surface area (TPSA) is 46.4 Å². The quantitative estimate of drug-likeness (QED) is 0.783. The molecule has 102 valence electrons. The Bertz CT molecular complexity index is 780. The molecule has 1 amide bonds. The lowest BCUT2D eigenvalue weighted by molar-refractivity contribution is 0.102. The number of amides is 1. The first kappa shape index (κ1) is 13.1. The van der Waals surface area contributed by atoms with Crippen LogP contribution in [0.1, 0.15) is 15.4 Å². The molecule has 0 saturated heterocycles. The second-order valence-corrected chi connectivity index (χ2v) is 5.86. The molecular weight excluding hydrogens is 301 g/mol. The number of imidazole rings is 1. The Morgan fingerprint density at radius 1 is 1.45 bits per heavy atom. The summed E-state index contributed by atoms with van der Waals surface area (Å²) in [6, 6.07) is 4.01. The minimum atomic E-state index is -0.525. The van der Waals surface area contributed by atoms with E-state index in [0.717, 1.165) is 9.84 Å². The molecule has 3 aromatic rings. The van der Waals surface area contributed by atoms with Gasteiger partial charge >= 0.3 is 0 Å². The summed E-state index contributed by atoms with van der Waals surface area (Å²) in [5.74, 6) is -0.885. The van der Waals surface area contributed by atoms with E-state index in [4.69, 9.17) is 11.6 Å². The number of hydrogen-bond acceptors (Lipinski definition) is 3. The zero-order chi connectivity index (χ0) is 14.3. The SMILES string of the molecule is Cc1cn2cc(C(=O)Nc3ccc(F)c(Cl)c3)nc2s1. The van der Waals surface area contributed by atoms with E-state index in [1.165, 1.54) is 29.5 Å². The number of nitrogens with one attached hydrogen (secondary N) is 1. The molecule has 0 saturated carbocycles. The third-order valence-electron chi connectivity index (χ3n) is 2.68. The smallest absolute Gasteiger partial charge is 0.275 e. The van der Waals surface area contributed by atoms with Crippen molar-refractivity contribution in [2.24, 2.45) is 0 Å². The Labute approximate surface area is 122 Å². The molecule has 0 bridgehead atoms. The van der Waals surface area contributed by atoms with Crippen molar-refractivity contribution in [3.8, 4) is 0 Å². The highest BCUT2D eigenvalue weighted by Gasteiger charge is 2.13. The van der Waals surface area contributed by atoms with Gasteiger partial charge in [0.2, 0.25) is 0 Å². The Morgan fingerprint density at radius 3 is 2.95 bits per heavy atom. The number of benzene rings is 1. The summed E-state index contributed by atoms with van der Waals surface area (Å²) >= 11 is 7.17. The zero-order valence-corrected chi connectivity index (χ0v) is 11.9. The number of aromatic nitrogens is 2. The average Bonchev–Trinajstić information content (AvgIpc) is 2.91. The Hall–Kier alpha value is -1.92. The van der Waals surface area contributed by atoms with Gasteiger partial charge in [0.05, 0.1) is 5.02 Å². The average molecular weight is 310 g/mol.